The number of nitrogens with zero attached hydrogens (tertiary/aromatic N) is 3. The quantitative estimate of drug-likeness (QED) is 0.782. The number of pyridine rings is 1. The third-order valence-corrected chi connectivity index (χ3v) is 2.99. The lowest BCUT2D eigenvalue weighted by molar-refractivity contribution is 0.599. The van der Waals surface area contributed by atoms with Gasteiger partial charge in [0.1, 0.15) is 5.15 Å². The molecular weight excluding hydrogens is 254 g/mol. The Kier molecular flexibility index (Phi) is 3.62. The standard InChI is InChI=1S/C12H12ClN3O2/c1-2-15-7-5-10(17)16(12(15)18)8-9-4-3-6-14-11(9)13/h3-7H,2,8H2,1H3. The molecule has 0 spiro atoms. The predicted molar refractivity (Wildman–Crippen MR) is 69.0 cm³/mol. The average Bonchev–Trinajstić information content (AvgIpc) is 2.37. The zero-order chi connectivity index (χ0) is 13.1. The van der Waals surface area contributed by atoms with Crippen LogP contribution < -0.4 is 11.2 Å². The van der Waals surface area contributed by atoms with Gasteiger partial charge in [0.05, 0.1) is 6.54 Å². The summed E-state index contributed by atoms with van der Waals surface area (Å²) >= 11 is 5.92. The number of aromatic nitrogens is 3. The van der Waals surface area contributed by atoms with Gasteiger partial charge in [-0.1, -0.05) is 17.7 Å². The summed E-state index contributed by atoms with van der Waals surface area (Å²) in [4.78, 5) is 27.6. The molecule has 0 aliphatic heterocycles. The highest BCUT2D eigenvalue weighted by Gasteiger charge is 2.07. The number of hydrogen-bond donors (Lipinski definition) is 0. The van der Waals surface area contributed by atoms with Crippen LogP contribution in [0.5, 0.6) is 0 Å². The van der Waals surface area contributed by atoms with Crippen LogP contribution in [0.1, 0.15) is 12.5 Å². The van der Waals surface area contributed by atoms with Crippen LogP contribution in [-0.4, -0.2) is 14.1 Å². The highest BCUT2D eigenvalue weighted by atomic mass is 35.5. The lowest BCUT2D eigenvalue weighted by Gasteiger charge is -2.08. The zero-order valence-corrected chi connectivity index (χ0v) is 10.6. The van der Waals surface area contributed by atoms with Gasteiger partial charge in [0, 0.05) is 30.6 Å². The van der Waals surface area contributed by atoms with E-state index in [4.69, 9.17) is 11.6 Å². The highest BCUT2D eigenvalue weighted by molar-refractivity contribution is 6.30. The molecule has 94 valence electrons. The van der Waals surface area contributed by atoms with E-state index in [-0.39, 0.29) is 17.8 Å². The largest absolute Gasteiger partial charge is 0.331 e. The molecule has 6 heteroatoms. The van der Waals surface area contributed by atoms with Crippen molar-refractivity contribution < 1.29 is 0 Å². The maximum Gasteiger partial charge on any atom is 0.331 e. The molecule has 2 rings (SSSR count). The molecule has 0 fully saturated rings. The van der Waals surface area contributed by atoms with Crippen molar-refractivity contribution >= 4 is 11.6 Å². The van der Waals surface area contributed by atoms with Crippen LogP contribution in [0.2, 0.25) is 5.15 Å². The van der Waals surface area contributed by atoms with Crippen molar-refractivity contribution in [3.8, 4) is 0 Å². The number of hydrogen-bond acceptors (Lipinski definition) is 3. The smallest absolute Gasteiger partial charge is 0.301 e. The summed E-state index contributed by atoms with van der Waals surface area (Å²) in [6.07, 6.45) is 3.05. The molecule has 0 aliphatic carbocycles. The third kappa shape index (κ3) is 2.36. The van der Waals surface area contributed by atoms with E-state index in [1.54, 1.807) is 18.3 Å². The summed E-state index contributed by atoms with van der Waals surface area (Å²) in [6.45, 7) is 2.48. The third-order valence-electron chi connectivity index (χ3n) is 2.65. The van der Waals surface area contributed by atoms with Gasteiger partial charge in [0.15, 0.2) is 0 Å². The van der Waals surface area contributed by atoms with Gasteiger partial charge in [-0.25, -0.2) is 9.78 Å². The second-order valence-corrected chi connectivity index (χ2v) is 4.12. The van der Waals surface area contributed by atoms with E-state index in [1.165, 1.54) is 16.8 Å². The summed E-state index contributed by atoms with van der Waals surface area (Å²) < 4.78 is 2.61. The van der Waals surface area contributed by atoms with Gasteiger partial charge in [-0.2, -0.15) is 0 Å². The Balaban J connectivity index is 2.50. The van der Waals surface area contributed by atoms with Crippen LogP contribution in [0.25, 0.3) is 0 Å². The molecule has 0 bridgehead atoms. The van der Waals surface area contributed by atoms with E-state index in [1.807, 2.05) is 6.92 Å². The van der Waals surface area contributed by atoms with Crippen molar-refractivity contribution in [3.05, 3.63) is 62.1 Å². The van der Waals surface area contributed by atoms with E-state index in [0.717, 1.165) is 4.57 Å². The Morgan fingerprint density at radius 1 is 1.33 bits per heavy atom. The predicted octanol–water partition coefficient (Wildman–Crippen LogP) is 1.13. The molecular formula is C12H12ClN3O2. The molecule has 2 aromatic rings. The Hall–Kier alpha value is -1.88. The number of rotatable bonds is 3. The molecule has 2 aromatic heterocycles. The van der Waals surface area contributed by atoms with Crippen molar-refractivity contribution in [2.75, 3.05) is 0 Å². The molecule has 0 unspecified atom stereocenters. The first-order valence-electron chi connectivity index (χ1n) is 5.53. The molecule has 0 atom stereocenters. The minimum atomic E-state index is -0.343. The van der Waals surface area contributed by atoms with Gasteiger partial charge in [-0.05, 0) is 13.0 Å². The second-order valence-electron chi connectivity index (χ2n) is 3.76. The fraction of sp³-hybridized carbons (Fsp3) is 0.250. The molecule has 0 N–H and O–H groups in total. The van der Waals surface area contributed by atoms with Crippen LogP contribution in [-0.2, 0) is 13.1 Å². The fourth-order valence-electron chi connectivity index (χ4n) is 1.65. The average molecular weight is 266 g/mol. The Morgan fingerprint density at radius 3 is 2.78 bits per heavy atom. The lowest BCUT2D eigenvalue weighted by atomic mass is 10.3. The molecule has 0 saturated carbocycles. The SMILES string of the molecule is CCn1ccc(=O)n(Cc2cccnc2Cl)c1=O. The maximum atomic E-state index is 12.0. The number of aryl methyl sites for hydroxylation is 1. The van der Waals surface area contributed by atoms with Gasteiger partial charge in [-0.3, -0.25) is 9.36 Å². The first-order valence-corrected chi connectivity index (χ1v) is 5.91. The Morgan fingerprint density at radius 2 is 2.11 bits per heavy atom. The normalized spacial score (nSPS) is 10.6. The summed E-state index contributed by atoms with van der Waals surface area (Å²) in [5.74, 6) is 0. The van der Waals surface area contributed by atoms with Crippen LogP contribution >= 0.6 is 11.6 Å². The molecule has 0 aliphatic rings. The van der Waals surface area contributed by atoms with Gasteiger partial charge in [0.25, 0.3) is 5.56 Å². The lowest BCUT2D eigenvalue weighted by Crippen LogP contribution is -2.39. The van der Waals surface area contributed by atoms with E-state index in [0.29, 0.717) is 17.3 Å². The first kappa shape index (κ1) is 12.6. The van der Waals surface area contributed by atoms with Crippen LogP contribution in [0.15, 0.2) is 40.2 Å². The molecule has 18 heavy (non-hydrogen) atoms. The van der Waals surface area contributed by atoms with E-state index in [9.17, 15) is 9.59 Å². The fourth-order valence-corrected chi connectivity index (χ4v) is 1.83. The summed E-state index contributed by atoms with van der Waals surface area (Å²) in [5.41, 5.74) is -0.0400. The van der Waals surface area contributed by atoms with Gasteiger partial charge < -0.3 is 4.57 Å². The zero-order valence-electron chi connectivity index (χ0n) is 9.84. The van der Waals surface area contributed by atoms with Crippen LogP contribution in [0.3, 0.4) is 0 Å². The Labute approximate surface area is 108 Å². The number of halogens is 1. The summed E-state index contributed by atoms with van der Waals surface area (Å²) in [6, 6.07) is 4.83. The van der Waals surface area contributed by atoms with Crippen LogP contribution in [0.4, 0.5) is 0 Å². The van der Waals surface area contributed by atoms with Gasteiger partial charge in [-0.15, -0.1) is 0 Å². The van der Waals surface area contributed by atoms with Crippen molar-refractivity contribution in [1.29, 1.82) is 0 Å². The topological polar surface area (TPSA) is 56.9 Å². The maximum absolute atomic E-state index is 12.0. The minimum Gasteiger partial charge on any atom is -0.301 e. The van der Waals surface area contributed by atoms with Crippen molar-refractivity contribution in [3.63, 3.8) is 0 Å². The first-order chi connectivity index (χ1) is 8.63. The molecule has 0 radical (unpaired) electrons. The Bertz CT molecular complexity index is 676. The van der Waals surface area contributed by atoms with Crippen LogP contribution in [0, 0.1) is 0 Å². The molecule has 0 saturated heterocycles. The van der Waals surface area contributed by atoms with Crippen molar-refractivity contribution in [2.24, 2.45) is 0 Å². The second kappa shape index (κ2) is 5.18. The molecule has 2 heterocycles. The van der Waals surface area contributed by atoms with Crippen molar-refractivity contribution in [1.82, 2.24) is 14.1 Å². The van der Waals surface area contributed by atoms with Gasteiger partial charge >= 0.3 is 5.69 Å². The van der Waals surface area contributed by atoms with Gasteiger partial charge in [0.2, 0.25) is 0 Å². The highest BCUT2D eigenvalue weighted by Crippen LogP contribution is 2.11. The summed E-state index contributed by atoms with van der Waals surface area (Å²) in [5, 5.41) is 0.302. The monoisotopic (exact) mass is 265 g/mol. The summed E-state index contributed by atoms with van der Waals surface area (Å²) in [7, 11) is 0. The van der Waals surface area contributed by atoms with E-state index >= 15 is 0 Å². The minimum absolute atomic E-state index is 0.130. The molecule has 0 amide bonds. The van der Waals surface area contributed by atoms with E-state index < -0.39 is 0 Å². The molecule has 5 nitrogen and oxygen atoms in total. The van der Waals surface area contributed by atoms with Crippen molar-refractivity contribution in [2.45, 2.75) is 20.0 Å². The molecule has 0 aromatic carbocycles. The van der Waals surface area contributed by atoms with E-state index in [2.05, 4.69) is 4.98 Å².